The molecule has 1 aromatic heterocycles. The highest BCUT2D eigenvalue weighted by molar-refractivity contribution is 7.98. The Labute approximate surface area is 105 Å². The van der Waals surface area contributed by atoms with E-state index < -0.39 is 0 Å². The minimum Gasteiger partial charge on any atom is -0.293 e. The monoisotopic (exact) mass is 255 g/mol. The summed E-state index contributed by atoms with van der Waals surface area (Å²) in [5, 5.41) is 1.11. The summed E-state index contributed by atoms with van der Waals surface area (Å²) in [6.45, 7) is 6.44. The van der Waals surface area contributed by atoms with Crippen molar-refractivity contribution in [2.45, 2.75) is 39.4 Å². The maximum atomic E-state index is 12.0. The lowest BCUT2D eigenvalue weighted by Crippen LogP contribution is -2.25. The molecule has 0 amide bonds. The van der Waals surface area contributed by atoms with E-state index in [2.05, 4.69) is 25.8 Å². The van der Waals surface area contributed by atoms with Crippen molar-refractivity contribution in [2.75, 3.05) is 5.75 Å². The molecule has 0 spiro atoms. The number of rotatable bonds is 3. The molecule has 1 aliphatic carbocycles. The average Bonchev–Trinajstić information content (AvgIpc) is 2.56. The van der Waals surface area contributed by atoms with Crippen LogP contribution in [0.1, 0.15) is 47.6 Å². The van der Waals surface area contributed by atoms with E-state index in [1.165, 1.54) is 0 Å². The molecule has 0 aromatic carbocycles. The van der Waals surface area contributed by atoms with Gasteiger partial charge in [-0.3, -0.25) is 4.79 Å². The number of aromatic nitrogens is 1. The number of thioether (sulfide) groups is 1. The van der Waals surface area contributed by atoms with Gasteiger partial charge >= 0.3 is 0 Å². The molecular weight excluding hydrogens is 238 g/mol. The van der Waals surface area contributed by atoms with Crippen molar-refractivity contribution >= 4 is 28.9 Å². The fraction of sp³-hybridized carbons (Fsp3) is 0.667. The predicted molar refractivity (Wildman–Crippen MR) is 70.4 cm³/mol. The summed E-state index contributed by atoms with van der Waals surface area (Å²) in [7, 11) is 0. The molecule has 1 aliphatic rings. The van der Waals surface area contributed by atoms with Crippen LogP contribution in [-0.2, 0) is 12.2 Å². The van der Waals surface area contributed by atoms with Crippen LogP contribution in [0.4, 0.5) is 0 Å². The van der Waals surface area contributed by atoms with Gasteiger partial charge in [0.05, 0.1) is 10.6 Å². The molecule has 0 radical (unpaired) electrons. The van der Waals surface area contributed by atoms with Crippen LogP contribution in [0.5, 0.6) is 0 Å². The van der Waals surface area contributed by atoms with Crippen LogP contribution in [0.15, 0.2) is 0 Å². The number of ketones is 1. The third-order valence-electron chi connectivity index (χ3n) is 2.71. The number of Topliss-reactive ketones (excluding diaryl/α,β-unsaturated/α-hetero) is 1. The van der Waals surface area contributed by atoms with Gasteiger partial charge in [-0.2, -0.15) is 11.8 Å². The predicted octanol–water partition coefficient (Wildman–Crippen LogP) is 3.55. The second-order valence-electron chi connectivity index (χ2n) is 4.96. The van der Waals surface area contributed by atoms with Crippen LogP contribution in [0.3, 0.4) is 0 Å². The first-order valence-electron chi connectivity index (χ1n) is 5.61. The van der Waals surface area contributed by atoms with E-state index in [4.69, 9.17) is 0 Å². The molecule has 0 aliphatic heterocycles. The first-order chi connectivity index (χ1) is 7.52. The Morgan fingerprint density at radius 3 is 2.88 bits per heavy atom. The molecule has 0 N–H and O–H groups in total. The highest BCUT2D eigenvalue weighted by Gasteiger charge is 2.33. The zero-order valence-electron chi connectivity index (χ0n) is 10.0. The summed E-state index contributed by atoms with van der Waals surface area (Å²) in [6, 6.07) is 0. The molecule has 2 rings (SSSR count). The number of thiazole rings is 1. The lowest BCUT2D eigenvalue weighted by atomic mass is 9.78. The maximum Gasteiger partial charge on any atom is 0.175 e. The average molecular weight is 255 g/mol. The van der Waals surface area contributed by atoms with Crippen molar-refractivity contribution in [1.29, 1.82) is 0 Å². The third kappa shape index (κ3) is 2.48. The maximum absolute atomic E-state index is 12.0. The Morgan fingerprint density at radius 2 is 2.19 bits per heavy atom. The van der Waals surface area contributed by atoms with E-state index in [9.17, 15) is 4.79 Å². The number of fused-ring (bicyclic) bond motifs is 1. The Morgan fingerprint density at radius 1 is 1.44 bits per heavy atom. The molecule has 0 saturated heterocycles. The smallest absolute Gasteiger partial charge is 0.175 e. The Balaban J connectivity index is 2.23. The largest absolute Gasteiger partial charge is 0.293 e. The van der Waals surface area contributed by atoms with Gasteiger partial charge in [-0.1, -0.05) is 20.8 Å². The first kappa shape index (κ1) is 12.1. The minimum atomic E-state index is 0.0906. The number of hydrogen-bond acceptors (Lipinski definition) is 4. The van der Waals surface area contributed by atoms with Gasteiger partial charge in [0.15, 0.2) is 5.78 Å². The SMILES string of the molecule is CCSCc1nc2c(s1)C(=O)CC(C)(C)C2. The van der Waals surface area contributed by atoms with Gasteiger partial charge in [0, 0.05) is 12.2 Å². The van der Waals surface area contributed by atoms with Crippen LogP contribution in [0, 0.1) is 5.41 Å². The molecule has 16 heavy (non-hydrogen) atoms. The molecule has 88 valence electrons. The zero-order valence-corrected chi connectivity index (χ0v) is 11.6. The summed E-state index contributed by atoms with van der Waals surface area (Å²) in [5.41, 5.74) is 1.13. The Hall–Kier alpha value is -0.350. The quantitative estimate of drug-likeness (QED) is 0.827. The van der Waals surface area contributed by atoms with E-state index in [0.717, 1.165) is 33.5 Å². The van der Waals surface area contributed by atoms with E-state index in [1.807, 2.05) is 11.8 Å². The molecular formula is C12H17NOS2. The molecule has 2 nitrogen and oxygen atoms in total. The van der Waals surface area contributed by atoms with Gasteiger partial charge in [0.2, 0.25) is 0 Å². The lowest BCUT2D eigenvalue weighted by Gasteiger charge is -2.26. The summed E-state index contributed by atoms with van der Waals surface area (Å²) in [5.74, 6) is 2.34. The molecule has 0 fully saturated rings. The fourth-order valence-corrected chi connectivity index (χ4v) is 3.76. The van der Waals surface area contributed by atoms with Gasteiger partial charge < -0.3 is 0 Å². The lowest BCUT2D eigenvalue weighted by molar-refractivity contribution is 0.0916. The summed E-state index contributed by atoms with van der Waals surface area (Å²) < 4.78 is 0. The molecule has 0 unspecified atom stereocenters. The summed E-state index contributed by atoms with van der Waals surface area (Å²) >= 11 is 3.47. The van der Waals surface area contributed by atoms with Crippen molar-refractivity contribution in [1.82, 2.24) is 4.98 Å². The Kier molecular flexibility index (Phi) is 3.40. The second kappa shape index (κ2) is 4.49. The molecule has 4 heteroatoms. The normalized spacial score (nSPS) is 18.6. The minimum absolute atomic E-state index is 0.0906. The molecule has 1 heterocycles. The van der Waals surface area contributed by atoms with Gasteiger partial charge in [0.25, 0.3) is 0 Å². The van der Waals surface area contributed by atoms with Gasteiger partial charge in [0.1, 0.15) is 5.01 Å². The number of carbonyl (C=O) groups excluding carboxylic acids is 1. The summed E-state index contributed by atoms with van der Waals surface area (Å²) in [4.78, 5) is 17.5. The first-order valence-corrected chi connectivity index (χ1v) is 7.58. The fourth-order valence-electron chi connectivity index (χ4n) is 2.02. The molecule has 0 atom stereocenters. The van der Waals surface area contributed by atoms with Crippen LogP contribution in [0.25, 0.3) is 0 Å². The highest BCUT2D eigenvalue weighted by Crippen LogP contribution is 2.37. The van der Waals surface area contributed by atoms with Gasteiger partial charge in [-0.05, 0) is 17.6 Å². The van der Waals surface area contributed by atoms with E-state index in [1.54, 1.807) is 11.3 Å². The van der Waals surface area contributed by atoms with Crippen LogP contribution in [-0.4, -0.2) is 16.5 Å². The second-order valence-corrected chi connectivity index (χ2v) is 7.32. The number of nitrogens with zero attached hydrogens (tertiary/aromatic N) is 1. The van der Waals surface area contributed by atoms with E-state index in [-0.39, 0.29) is 11.2 Å². The number of hydrogen-bond donors (Lipinski definition) is 0. The van der Waals surface area contributed by atoms with Crippen LogP contribution < -0.4 is 0 Å². The zero-order chi connectivity index (χ0) is 11.8. The van der Waals surface area contributed by atoms with Crippen LogP contribution >= 0.6 is 23.1 Å². The van der Waals surface area contributed by atoms with Gasteiger partial charge in [-0.15, -0.1) is 11.3 Å². The third-order valence-corrected chi connectivity index (χ3v) is 4.92. The van der Waals surface area contributed by atoms with Crippen molar-refractivity contribution in [3.63, 3.8) is 0 Å². The van der Waals surface area contributed by atoms with Crippen molar-refractivity contribution < 1.29 is 4.79 Å². The standard InChI is InChI=1S/C12H17NOS2/c1-4-15-7-10-13-8-5-12(2,3)6-9(14)11(8)16-10/h4-7H2,1-3H3. The molecule has 0 saturated carbocycles. The molecule has 1 aromatic rings. The molecule has 0 bridgehead atoms. The topological polar surface area (TPSA) is 30.0 Å². The van der Waals surface area contributed by atoms with E-state index >= 15 is 0 Å². The van der Waals surface area contributed by atoms with Crippen molar-refractivity contribution in [3.05, 3.63) is 15.6 Å². The summed E-state index contributed by atoms with van der Waals surface area (Å²) in [6.07, 6.45) is 1.61. The van der Waals surface area contributed by atoms with Crippen molar-refractivity contribution in [3.8, 4) is 0 Å². The van der Waals surface area contributed by atoms with Crippen LogP contribution in [0.2, 0.25) is 0 Å². The van der Waals surface area contributed by atoms with E-state index in [0.29, 0.717) is 6.42 Å². The highest BCUT2D eigenvalue weighted by atomic mass is 32.2. The van der Waals surface area contributed by atoms with Gasteiger partial charge in [-0.25, -0.2) is 4.98 Å². The number of carbonyl (C=O) groups is 1. The van der Waals surface area contributed by atoms with Crippen molar-refractivity contribution in [2.24, 2.45) is 5.41 Å². The Bertz CT molecular complexity index is 409.